The van der Waals surface area contributed by atoms with Crippen molar-refractivity contribution >= 4 is 0 Å². The fourth-order valence-electron chi connectivity index (χ4n) is 3.54. The SMILES string of the molecule is CCCCCCCC1CC1c1ccc(C#CC#Cc2ccc(F)cc2)cc1. The van der Waals surface area contributed by atoms with Gasteiger partial charge in [-0.05, 0) is 78.5 Å². The minimum Gasteiger partial charge on any atom is -0.207 e. The third-order valence-corrected chi connectivity index (χ3v) is 5.26. The molecule has 0 aromatic heterocycles. The van der Waals surface area contributed by atoms with E-state index in [1.165, 1.54) is 62.6 Å². The van der Waals surface area contributed by atoms with E-state index in [0.29, 0.717) is 0 Å². The Kier molecular flexibility index (Phi) is 7.12. The third kappa shape index (κ3) is 6.30. The second kappa shape index (κ2) is 9.99. The lowest BCUT2D eigenvalue weighted by atomic mass is 10.0. The maximum atomic E-state index is 12.8. The lowest BCUT2D eigenvalue weighted by Crippen LogP contribution is -1.86. The molecule has 0 nitrogen and oxygen atoms in total. The van der Waals surface area contributed by atoms with Gasteiger partial charge in [0.15, 0.2) is 0 Å². The van der Waals surface area contributed by atoms with E-state index in [4.69, 9.17) is 0 Å². The maximum absolute atomic E-state index is 12.8. The monoisotopic (exact) mass is 358 g/mol. The Morgan fingerprint density at radius 3 is 2.04 bits per heavy atom. The lowest BCUT2D eigenvalue weighted by molar-refractivity contribution is 0.574. The average Bonchev–Trinajstić information content (AvgIpc) is 3.46. The van der Waals surface area contributed by atoms with Gasteiger partial charge in [-0.3, -0.25) is 0 Å². The highest BCUT2D eigenvalue weighted by molar-refractivity contribution is 5.45. The first kappa shape index (κ1) is 19.3. The molecule has 0 amide bonds. The third-order valence-electron chi connectivity index (χ3n) is 5.26. The summed E-state index contributed by atoms with van der Waals surface area (Å²) in [6, 6.07) is 14.8. The Morgan fingerprint density at radius 1 is 0.815 bits per heavy atom. The summed E-state index contributed by atoms with van der Waals surface area (Å²) in [6.07, 6.45) is 9.61. The highest BCUT2D eigenvalue weighted by Crippen LogP contribution is 2.50. The number of halogens is 1. The molecule has 2 unspecified atom stereocenters. The molecule has 138 valence electrons. The fraction of sp³-hybridized carbons (Fsp3) is 0.385. The normalized spacial score (nSPS) is 17.4. The van der Waals surface area contributed by atoms with E-state index < -0.39 is 0 Å². The molecule has 3 rings (SSSR count). The quantitative estimate of drug-likeness (QED) is 0.382. The summed E-state index contributed by atoms with van der Waals surface area (Å²) in [7, 11) is 0. The van der Waals surface area contributed by atoms with Crippen LogP contribution in [0.3, 0.4) is 0 Å². The van der Waals surface area contributed by atoms with E-state index in [0.717, 1.165) is 23.0 Å². The van der Waals surface area contributed by atoms with Gasteiger partial charge in [0.05, 0.1) is 0 Å². The largest absolute Gasteiger partial charge is 0.207 e. The van der Waals surface area contributed by atoms with E-state index >= 15 is 0 Å². The standard InChI is InChI=1S/C26H27F/c1-2-3-4-5-6-11-24-20-26(24)23-16-12-21(13-17-23)9-7-8-10-22-14-18-25(27)19-15-22/h12-19,24,26H,2-6,11,20H2,1H3. The molecule has 0 heterocycles. The van der Waals surface area contributed by atoms with Gasteiger partial charge < -0.3 is 0 Å². The first-order valence-electron chi connectivity index (χ1n) is 10.1. The number of unbranched alkanes of at least 4 members (excludes halogenated alkanes) is 4. The van der Waals surface area contributed by atoms with Crippen LogP contribution in [0.15, 0.2) is 48.5 Å². The zero-order chi connectivity index (χ0) is 18.9. The Balaban J connectivity index is 1.46. The highest BCUT2D eigenvalue weighted by Gasteiger charge is 2.37. The summed E-state index contributed by atoms with van der Waals surface area (Å²) in [4.78, 5) is 0. The maximum Gasteiger partial charge on any atom is 0.123 e. The van der Waals surface area contributed by atoms with Crippen molar-refractivity contribution < 1.29 is 4.39 Å². The molecule has 1 saturated carbocycles. The molecule has 0 spiro atoms. The van der Waals surface area contributed by atoms with Crippen LogP contribution in [-0.4, -0.2) is 0 Å². The van der Waals surface area contributed by atoms with Crippen molar-refractivity contribution in [3.8, 4) is 23.7 Å². The minimum atomic E-state index is -0.249. The van der Waals surface area contributed by atoms with Crippen molar-refractivity contribution in [1.82, 2.24) is 0 Å². The Morgan fingerprint density at radius 2 is 1.41 bits per heavy atom. The Labute approximate surface area is 163 Å². The molecule has 0 aliphatic heterocycles. The molecular weight excluding hydrogens is 331 g/mol. The van der Waals surface area contributed by atoms with Crippen LogP contribution in [0.4, 0.5) is 4.39 Å². The summed E-state index contributed by atoms with van der Waals surface area (Å²) in [6.45, 7) is 2.27. The molecule has 27 heavy (non-hydrogen) atoms. The van der Waals surface area contributed by atoms with Gasteiger partial charge in [-0.1, -0.05) is 63.0 Å². The lowest BCUT2D eigenvalue weighted by Gasteiger charge is -2.02. The van der Waals surface area contributed by atoms with Crippen LogP contribution in [0.1, 0.15) is 74.5 Å². The molecule has 1 aliphatic carbocycles. The van der Waals surface area contributed by atoms with Crippen molar-refractivity contribution in [3.63, 3.8) is 0 Å². The minimum absolute atomic E-state index is 0.249. The van der Waals surface area contributed by atoms with E-state index in [2.05, 4.69) is 54.9 Å². The number of rotatable bonds is 7. The highest BCUT2D eigenvalue weighted by atomic mass is 19.1. The van der Waals surface area contributed by atoms with E-state index in [9.17, 15) is 4.39 Å². The van der Waals surface area contributed by atoms with Crippen molar-refractivity contribution in [3.05, 3.63) is 71.0 Å². The molecule has 0 saturated heterocycles. The van der Waals surface area contributed by atoms with Gasteiger partial charge in [-0.2, -0.15) is 0 Å². The first-order valence-corrected chi connectivity index (χ1v) is 10.1. The Bertz CT molecular complexity index is 838. The predicted molar refractivity (Wildman–Crippen MR) is 111 cm³/mol. The first-order chi connectivity index (χ1) is 13.3. The van der Waals surface area contributed by atoms with Crippen LogP contribution < -0.4 is 0 Å². The zero-order valence-electron chi connectivity index (χ0n) is 16.1. The Hall–Kier alpha value is -2.51. The van der Waals surface area contributed by atoms with E-state index in [-0.39, 0.29) is 5.82 Å². The van der Waals surface area contributed by atoms with Crippen molar-refractivity contribution in [2.45, 2.75) is 57.8 Å². The summed E-state index contributed by atoms with van der Waals surface area (Å²) < 4.78 is 12.8. The number of benzene rings is 2. The van der Waals surface area contributed by atoms with Crippen molar-refractivity contribution in [1.29, 1.82) is 0 Å². The van der Waals surface area contributed by atoms with Gasteiger partial charge in [0.25, 0.3) is 0 Å². The van der Waals surface area contributed by atoms with Gasteiger partial charge in [0.2, 0.25) is 0 Å². The molecule has 0 bridgehead atoms. The molecule has 2 aromatic carbocycles. The summed E-state index contributed by atoms with van der Waals surface area (Å²) in [5.74, 6) is 13.1. The second-order valence-electron chi connectivity index (χ2n) is 7.43. The van der Waals surface area contributed by atoms with Gasteiger partial charge in [-0.25, -0.2) is 4.39 Å². The van der Waals surface area contributed by atoms with Gasteiger partial charge >= 0.3 is 0 Å². The topological polar surface area (TPSA) is 0 Å². The molecule has 2 atom stereocenters. The van der Waals surface area contributed by atoms with Crippen LogP contribution in [-0.2, 0) is 0 Å². The van der Waals surface area contributed by atoms with Crippen LogP contribution >= 0.6 is 0 Å². The molecule has 0 radical (unpaired) electrons. The van der Waals surface area contributed by atoms with Crippen LogP contribution in [0.2, 0.25) is 0 Å². The predicted octanol–water partition coefficient (Wildman–Crippen LogP) is 6.69. The van der Waals surface area contributed by atoms with Gasteiger partial charge in [-0.15, -0.1) is 0 Å². The fourth-order valence-corrected chi connectivity index (χ4v) is 3.54. The molecule has 1 aliphatic rings. The smallest absolute Gasteiger partial charge is 0.123 e. The van der Waals surface area contributed by atoms with Crippen LogP contribution in [0.25, 0.3) is 0 Å². The summed E-state index contributed by atoms with van der Waals surface area (Å²) >= 11 is 0. The molecular formula is C26H27F. The van der Waals surface area contributed by atoms with Crippen LogP contribution in [0, 0.1) is 35.4 Å². The second-order valence-corrected chi connectivity index (χ2v) is 7.43. The van der Waals surface area contributed by atoms with Crippen molar-refractivity contribution in [2.24, 2.45) is 5.92 Å². The molecule has 1 fully saturated rings. The molecule has 0 N–H and O–H groups in total. The number of hydrogen-bond donors (Lipinski definition) is 0. The average molecular weight is 358 g/mol. The van der Waals surface area contributed by atoms with E-state index in [1.54, 1.807) is 12.1 Å². The molecule has 2 aromatic rings. The van der Waals surface area contributed by atoms with Gasteiger partial charge in [0.1, 0.15) is 5.82 Å². The van der Waals surface area contributed by atoms with Crippen molar-refractivity contribution in [2.75, 3.05) is 0 Å². The number of hydrogen-bond acceptors (Lipinski definition) is 0. The summed E-state index contributed by atoms with van der Waals surface area (Å²) in [5.41, 5.74) is 3.22. The zero-order valence-corrected chi connectivity index (χ0v) is 16.1. The van der Waals surface area contributed by atoms with E-state index in [1.807, 2.05) is 0 Å². The van der Waals surface area contributed by atoms with Crippen LogP contribution in [0.5, 0.6) is 0 Å². The van der Waals surface area contributed by atoms with Gasteiger partial charge in [0, 0.05) is 11.1 Å². The molecule has 1 heteroatoms. The summed E-state index contributed by atoms with van der Waals surface area (Å²) in [5, 5.41) is 0.